The molecule has 2 unspecified atom stereocenters. The minimum absolute atomic E-state index is 0.0666. The van der Waals surface area contributed by atoms with Crippen LogP contribution < -0.4 is 5.56 Å². The molecule has 0 spiro atoms. The summed E-state index contributed by atoms with van der Waals surface area (Å²) in [6, 6.07) is 5.73. The van der Waals surface area contributed by atoms with Gasteiger partial charge in [0.2, 0.25) is 0 Å². The van der Waals surface area contributed by atoms with Crippen LogP contribution in [0.3, 0.4) is 0 Å². The van der Waals surface area contributed by atoms with E-state index in [-0.39, 0.29) is 10.9 Å². The molecule has 0 N–H and O–H groups in total. The van der Waals surface area contributed by atoms with Crippen molar-refractivity contribution < 1.29 is 0 Å². The van der Waals surface area contributed by atoms with Gasteiger partial charge in [0, 0.05) is 36.8 Å². The minimum Gasteiger partial charge on any atom is -0.314 e. The molecular weight excluding hydrogens is 248 g/mol. The molecule has 1 aliphatic rings. The maximum Gasteiger partial charge on any atom is 0.250 e. The van der Waals surface area contributed by atoms with Gasteiger partial charge in [-0.2, -0.15) is 0 Å². The molecule has 1 aromatic rings. The number of pyridine rings is 1. The monoisotopic (exact) mass is 268 g/mol. The maximum absolute atomic E-state index is 11.6. The molecule has 0 radical (unpaired) electrons. The Balaban J connectivity index is 1.90. The lowest BCUT2D eigenvalue weighted by molar-refractivity contribution is 0.189. The molecule has 1 aromatic heterocycles. The molecule has 2 atom stereocenters. The van der Waals surface area contributed by atoms with Gasteiger partial charge in [-0.25, -0.2) is 0 Å². The summed E-state index contributed by atoms with van der Waals surface area (Å²) in [7, 11) is 2.11. The van der Waals surface area contributed by atoms with Gasteiger partial charge in [0.15, 0.2) is 0 Å². The molecule has 1 aliphatic carbocycles. The van der Waals surface area contributed by atoms with Crippen LogP contribution in [0.25, 0.3) is 0 Å². The van der Waals surface area contributed by atoms with E-state index in [1.165, 1.54) is 19.3 Å². The molecule has 0 aliphatic heterocycles. The molecule has 1 fully saturated rings. The van der Waals surface area contributed by atoms with E-state index in [2.05, 4.69) is 11.9 Å². The zero-order chi connectivity index (χ0) is 13.0. The van der Waals surface area contributed by atoms with Crippen LogP contribution in [0.4, 0.5) is 0 Å². The van der Waals surface area contributed by atoms with Gasteiger partial charge in [0.05, 0.1) is 0 Å². The predicted molar refractivity (Wildman–Crippen MR) is 75.2 cm³/mol. The number of aromatic nitrogens is 1. The van der Waals surface area contributed by atoms with Crippen LogP contribution in [0.1, 0.15) is 25.7 Å². The molecule has 0 bridgehead atoms. The molecule has 0 amide bonds. The van der Waals surface area contributed by atoms with E-state index in [0.29, 0.717) is 6.04 Å². The molecule has 3 nitrogen and oxygen atoms in total. The Morgan fingerprint density at radius 2 is 2.17 bits per heavy atom. The van der Waals surface area contributed by atoms with Crippen molar-refractivity contribution in [3.8, 4) is 0 Å². The first-order valence-corrected chi connectivity index (χ1v) is 7.12. The van der Waals surface area contributed by atoms with Gasteiger partial charge in [0.25, 0.3) is 5.56 Å². The molecule has 18 heavy (non-hydrogen) atoms. The van der Waals surface area contributed by atoms with Crippen molar-refractivity contribution in [1.29, 1.82) is 0 Å². The summed E-state index contributed by atoms with van der Waals surface area (Å²) in [5.41, 5.74) is 0.0666. The van der Waals surface area contributed by atoms with E-state index in [9.17, 15) is 4.79 Å². The topological polar surface area (TPSA) is 25.2 Å². The summed E-state index contributed by atoms with van der Waals surface area (Å²) >= 11 is 6.38. The predicted octanol–water partition coefficient (Wildman–Crippen LogP) is 2.33. The van der Waals surface area contributed by atoms with Crippen LogP contribution in [0.5, 0.6) is 0 Å². The summed E-state index contributed by atoms with van der Waals surface area (Å²) in [6.45, 7) is 1.61. The second-order valence-electron chi connectivity index (χ2n) is 5.08. The summed E-state index contributed by atoms with van der Waals surface area (Å²) in [5, 5.41) is 0.260. The third kappa shape index (κ3) is 3.36. The van der Waals surface area contributed by atoms with Crippen LogP contribution in [-0.4, -0.2) is 34.5 Å². The highest BCUT2D eigenvalue weighted by atomic mass is 35.5. The van der Waals surface area contributed by atoms with E-state index >= 15 is 0 Å². The Kier molecular flexibility index (Phi) is 4.84. The Hall–Kier alpha value is -0.800. The van der Waals surface area contributed by atoms with Gasteiger partial charge in [-0.1, -0.05) is 18.9 Å². The van der Waals surface area contributed by atoms with E-state index in [1.807, 2.05) is 12.3 Å². The molecule has 100 valence electrons. The highest BCUT2D eigenvalue weighted by Crippen LogP contribution is 2.26. The molecule has 4 heteroatoms. The lowest BCUT2D eigenvalue weighted by atomic mass is 9.94. The molecular formula is C14H21ClN2O. The Labute approximate surface area is 113 Å². The third-order valence-corrected chi connectivity index (χ3v) is 4.32. The van der Waals surface area contributed by atoms with Crippen molar-refractivity contribution in [2.24, 2.45) is 0 Å². The van der Waals surface area contributed by atoms with E-state index in [0.717, 1.165) is 19.5 Å². The standard InChI is InChI=1S/C14H21ClN2O/c1-16(13-7-3-2-6-12(13)15)10-11-17-9-5-4-8-14(17)18/h4-5,8-9,12-13H,2-3,6-7,10-11H2,1H3. The molecule has 1 heterocycles. The summed E-state index contributed by atoms with van der Waals surface area (Å²) in [4.78, 5) is 13.9. The van der Waals surface area contributed by atoms with Gasteiger partial charge < -0.3 is 9.47 Å². The van der Waals surface area contributed by atoms with Gasteiger partial charge >= 0.3 is 0 Å². The second-order valence-corrected chi connectivity index (χ2v) is 5.64. The van der Waals surface area contributed by atoms with Gasteiger partial charge in [-0.05, 0) is 26.0 Å². The van der Waals surface area contributed by atoms with Crippen molar-refractivity contribution in [3.63, 3.8) is 0 Å². The van der Waals surface area contributed by atoms with Crippen molar-refractivity contribution in [3.05, 3.63) is 34.7 Å². The fourth-order valence-electron chi connectivity index (χ4n) is 2.64. The fraction of sp³-hybridized carbons (Fsp3) is 0.643. The SMILES string of the molecule is CN(CCn1ccccc1=O)C1CCCCC1Cl. The van der Waals surface area contributed by atoms with Crippen molar-refractivity contribution >= 4 is 11.6 Å². The van der Waals surface area contributed by atoms with Crippen LogP contribution >= 0.6 is 11.6 Å². The zero-order valence-corrected chi connectivity index (χ0v) is 11.6. The highest BCUT2D eigenvalue weighted by molar-refractivity contribution is 6.21. The Bertz CT molecular complexity index is 432. The highest BCUT2D eigenvalue weighted by Gasteiger charge is 2.26. The Morgan fingerprint density at radius 1 is 1.39 bits per heavy atom. The average Bonchev–Trinajstić information content (AvgIpc) is 2.38. The summed E-state index contributed by atoms with van der Waals surface area (Å²) < 4.78 is 1.75. The average molecular weight is 269 g/mol. The molecule has 0 saturated heterocycles. The van der Waals surface area contributed by atoms with E-state index < -0.39 is 0 Å². The van der Waals surface area contributed by atoms with Crippen LogP contribution in [0, 0.1) is 0 Å². The number of nitrogens with zero attached hydrogens (tertiary/aromatic N) is 2. The normalized spacial score (nSPS) is 24.4. The van der Waals surface area contributed by atoms with Crippen LogP contribution in [0.2, 0.25) is 0 Å². The fourth-order valence-corrected chi connectivity index (χ4v) is 3.11. The number of rotatable bonds is 4. The van der Waals surface area contributed by atoms with Crippen molar-refractivity contribution in [2.45, 2.75) is 43.6 Å². The third-order valence-electron chi connectivity index (χ3n) is 3.81. The lowest BCUT2D eigenvalue weighted by Gasteiger charge is -2.35. The lowest BCUT2D eigenvalue weighted by Crippen LogP contribution is -2.42. The summed E-state index contributed by atoms with van der Waals surface area (Å²) in [5.74, 6) is 0. The minimum atomic E-state index is 0.0666. The van der Waals surface area contributed by atoms with Gasteiger partial charge in [0.1, 0.15) is 0 Å². The van der Waals surface area contributed by atoms with Gasteiger partial charge in [-0.15, -0.1) is 11.6 Å². The maximum atomic E-state index is 11.6. The smallest absolute Gasteiger partial charge is 0.250 e. The van der Waals surface area contributed by atoms with Crippen LogP contribution in [-0.2, 0) is 6.54 Å². The number of likely N-dealkylation sites (N-methyl/N-ethyl adjacent to an activating group) is 1. The van der Waals surface area contributed by atoms with E-state index in [1.54, 1.807) is 16.7 Å². The van der Waals surface area contributed by atoms with E-state index in [4.69, 9.17) is 11.6 Å². The molecule has 1 saturated carbocycles. The number of halogens is 1. The Morgan fingerprint density at radius 3 is 2.89 bits per heavy atom. The largest absolute Gasteiger partial charge is 0.314 e. The summed E-state index contributed by atoms with van der Waals surface area (Å²) in [6.07, 6.45) is 6.64. The first-order valence-electron chi connectivity index (χ1n) is 6.68. The molecule has 2 rings (SSSR count). The van der Waals surface area contributed by atoms with Gasteiger partial charge in [-0.3, -0.25) is 4.79 Å². The first-order chi connectivity index (χ1) is 8.68. The van der Waals surface area contributed by atoms with Crippen LogP contribution in [0.15, 0.2) is 29.2 Å². The van der Waals surface area contributed by atoms with Crippen molar-refractivity contribution in [1.82, 2.24) is 9.47 Å². The number of alkyl halides is 1. The molecule has 0 aromatic carbocycles. The van der Waals surface area contributed by atoms with Crippen molar-refractivity contribution in [2.75, 3.05) is 13.6 Å². The zero-order valence-electron chi connectivity index (χ0n) is 10.9. The second kappa shape index (κ2) is 6.39. The number of hydrogen-bond acceptors (Lipinski definition) is 2. The number of hydrogen-bond donors (Lipinski definition) is 0. The first kappa shape index (κ1) is 13.6. The quantitative estimate of drug-likeness (QED) is 0.783.